The minimum atomic E-state index is 0.197. The summed E-state index contributed by atoms with van der Waals surface area (Å²) < 4.78 is 1.01. The maximum atomic E-state index is 10.5. The van der Waals surface area contributed by atoms with Crippen molar-refractivity contribution >= 4 is 21.7 Å². The van der Waals surface area contributed by atoms with E-state index >= 15 is 0 Å². The molecule has 0 aromatic carbocycles. The summed E-state index contributed by atoms with van der Waals surface area (Å²) in [4.78, 5) is 10.5. The highest BCUT2D eigenvalue weighted by Crippen LogP contribution is 2.15. The Labute approximate surface area is 64.3 Å². The lowest BCUT2D eigenvalue weighted by atomic mass is 10.2. The van der Waals surface area contributed by atoms with E-state index in [9.17, 15) is 4.79 Å². The summed E-state index contributed by atoms with van der Waals surface area (Å²) in [7, 11) is 0. The first kappa shape index (κ1) is 8.89. The summed E-state index contributed by atoms with van der Waals surface area (Å²) in [5.74, 6) is 0.197. The Hall–Kier alpha value is -0.110. The molecule has 9 heavy (non-hydrogen) atoms. The standard InChI is InChI=1S/C7H11BrO/c1-5(2)7(8)4-6(3)9/h4H2,1-3H3. The van der Waals surface area contributed by atoms with E-state index in [2.05, 4.69) is 15.9 Å². The average molecular weight is 191 g/mol. The Morgan fingerprint density at radius 2 is 1.78 bits per heavy atom. The van der Waals surface area contributed by atoms with Crippen LogP contribution in [-0.4, -0.2) is 5.78 Å². The normalized spacial score (nSPS) is 8.89. The molecule has 52 valence electrons. The zero-order valence-corrected chi connectivity index (χ0v) is 7.58. The molecule has 0 heterocycles. The number of rotatable bonds is 2. The topological polar surface area (TPSA) is 17.1 Å². The van der Waals surface area contributed by atoms with Gasteiger partial charge < -0.3 is 0 Å². The zero-order valence-electron chi connectivity index (χ0n) is 5.99. The molecule has 0 spiro atoms. The number of carbonyl (C=O) groups excluding carboxylic acids is 1. The van der Waals surface area contributed by atoms with Gasteiger partial charge in [0.2, 0.25) is 0 Å². The average Bonchev–Trinajstić information content (AvgIpc) is 1.63. The first-order chi connectivity index (χ1) is 4.04. The monoisotopic (exact) mass is 190 g/mol. The Bertz CT molecular complexity index is 143. The maximum absolute atomic E-state index is 10.5. The van der Waals surface area contributed by atoms with E-state index in [4.69, 9.17) is 0 Å². The van der Waals surface area contributed by atoms with E-state index in [0.717, 1.165) is 4.48 Å². The summed E-state index contributed by atoms with van der Waals surface area (Å²) in [6.07, 6.45) is 0.530. The van der Waals surface area contributed by atoms with Crippen molar-refractivity contribution in [1.82, 2.24) is 0 Å². The lowest BCUT2D eigenvalue weighted by molar-refractivity contribution is -0.116. The van der Waals surface area contributed by atoms with Crippen LogP contribution in [0.5, 0.6) is 0 Å². The molecule has 0 aromatic rings. The van der Waals surface area contributed by atoms with Crippen molar-refractivity contribution in [2.45, 2.75) is 27.2 Å². The smallest absolute Gasteiger partial charge is 0.134 e. The van der Waals surface area contributed by atoms with Crippen LogP contribution in [0, 0.1) is 0 Å². The van der Waals surface area contributed by atoms with E-state index in [1.165, 1.54) is 5.57 Å². The Kier molecular flexibility index (Phi) is 3.78. The second-order valence-corrected chi connectivity index (χ2v) is 3.24. The van der Waals surface area contributed by atoms with Crippen molar-refractivity contribution in [2.24, 2.45) is 0 Å². The first-order valence-corrected chi connectivity index (χ1v) is 3.64. The maximum Gasteiger partial charge on any atom is 0.134 e. The summed E-state index contributed by atoms with van der Waals surface area (Å²) in [5, 5.41) is 0. The largest absolute Gasteiger partial charge is 0.300 e. The fourth-order valence-electron chi connectivity index (χ4n) is 0.395. The molecule has 0 saturated carbocycles. The Morgan fingerprint density at radius 1 is 1.33 bits per heavy atom. The number of allylic oxidation sites excluding steroid dienone is 2. The van der Waals surface area contributed by atoms with E-state index < -0.39 is 0 Å². The van der Waals surface area contributed by atoms with Gasteiger partial charge in [0.25, 0.3) is 0 Å². The van der Waals surface area contributed by atoms with Gasteiger partial charge >= 0.3 is 0 Å². The van der Waals surface area contributed by atoms with E-state index in [1.54, 1.807) is 6.92 Å². The van der Waals surface area contributed by atoms with E-state index in [0.29, 0.717) is 6.42 Å². The SMILES string of the molecule is CC(=O)CC(Br)=C(C)C. The predicted octanol–water partition coefficient (Wildman–Crippen LogP) is 2.65. The van der Waals surface area contributed by atoms with E-state index in [-0.39, 0.29) is 5.78 Å². The van der Waals surface area contributed by atoms with Crippen molar-refractivity contribution in [3.63, 3.8) is 0 Å². The number of halogens is 1. The molecule has 0 rings (SSSR count). The molecule has 0 N–H and O–H groups in total. The fraction of sp³-hybridized carbons (Fsp3) is 0.571. The summed E-state index contributed by atoms with van der Waals surface area (Å²) in [6, 6.07) is 0. The second kappa shape index (κ2) is 3.83. The summed E-state index contributed by atoms with van der Waals surface area (Å²) in [6.45, 7) is 5.55. The van der Waals surface area contributed by atoms with Gasteiger partial charge in [-0.05, 0) is 20.8 Å². The molecule has 0 atom stereocenters. The molecule has 0 amide bonds. The number of Topliss-reactive ketones (excluding diaryl/α,β-unsaturated/α-hetero) is 1. The molecule has 0 aliphatic heterocycles. The van der Waals surface area contributed by atoms with Crippen LogP contribution in [0.2, 0.25) is 0 Å². The molecule has 0 aromatic heterocycles. The molecule has 0 unspecified atom stereocenters. The Balaban J connectivity index is 3.92. The second-order valence-electron chi connectivity index (χ2n) is 2.28. The van der Waals surface area contributed by atoms with E-state index in [1.807, 2.05) is 13.8 Å². The highest BCUT2D eigenvalue weighted by molar-refractivity contribution is 9.11. The molecular weight excluding hydrogens is 180 g/mol. The van der Waals surface area contributed by atoms with Crippen molar-refractivity contribution in [2.75, 3.05) is 0 Å². The number of hydrogen-bond donors (Lipinski definition) is 0. The van der Waals surface area contributed by atoms with Crippen LogP contribution in [0.3, 0.4) is 0 Å². The molecule has 0 fully saturated rings. The molecule has 0 radical (unpaired) electrons. The number of hydrogen-bond acceptors (Lipinski definition) is 1. The molecule has 2 heteroatoms. The predicted molar refractivity (Wildman–Crippen MR) is 42.6 cm³/mol. The molecular formula is C7H11BrO. The van der Waals surface area contributed by atoms with Gasteiger partial charge in [0, 0.05) is 10.9 Å². The first-order valence-electron chi connectivity index (χ1n) is 2.85. The molecule has 0 bridgehead atoms. The number of ketones is 1. The van der Waals surface area contributed by atoms with Gasteiger partial charge in [0.15, 0.2) is 0 Å². The molecule has 0 aliphatic carbocycles. The highest BCUT2D eigenvalue weighted by Gasteiger charge is 1.97. The Morgan fingerprint density at radius 3 is 1.89 bits per heavy atom. The van der Waals surface area contributed by atoms with Gasteiger partial charge in [-0.2, -0.15) is 0 Å². The van der Waals surface area contributed by atoms with Crippen LogP contribution in [0.1, 0.15) is 27.2 Å². The molecule has 0 saturated heterocycles. The highest BCUT2D eigenvalue weighted by atomic mass is 79.9. The van der Waals surface area contributed by atoms with Crippen LogP contribution < -0.4 is 0 Å². The van der Waals surface area contributed by atoms with Gasteiger partial charge in [-0.1, -0.05) is 21.5 Å². The van der Waals surface area contributed by atoms with Gasteiger partial charge in [-0.15, -0.1) is 0 Å². The molecule has 1 nitrogen and oxygen atoms in total. The van der Waals surface area contributed by atoms with Gasteiger partial charge in [-0.25, -0.2) is 0 Å². The quantitative estimate of drug-likeness (QED) is 0.655. The number of carbonyl (C=O) groups is 1. The van der Waals surface area contributed by atoms with Crippen LogP contribution in [0.4, 0.5) is 0 Å². The summed E-state index contributed by atoms with van der Waals surface area (Å²) in [5.41, 5.74) is 1.17. The summed E-state index contributed by atoms with van der Waals surface area (Å²) >= 11 is 3.30. The van der Waals surface area contributed by atoms with Crippen molar-refractivity contribution in [3.05, 3.63) is 10.1 Å². The minimum Gasteiger partial charge on any atom is -0.300 e. The van der Waals surface area contributed by atoms with Gasteiger partial charge in [0.1, 0.15) is 5.78 Å². The van der Waals surface area contributed by atoms with Crippen molar-refractivity contribution in [3.8, 4) is 0 Å². The van der Waals surface area contributed by atoms with Crippen LogP contribution >= 0.6 is 15.9 Å². The lowest BCUT2D eigenvalue weighted by Crippen LogP contribution is -1.89. The van der Waals surface area contributed by atoms with Crippen molar-refractivity contribution in [1.29, 1.82) is 0 Å². The van der Waals surface area contributed by atoms with Crippen molar-refractivity contribution < 1.29 is 4.79 Å². The van der Waals surface area contributed by atoms with Gasteiger partial charge in [0.05, 0.1) is 0 Å². The van der Waals surface area contributed by atoms with Crippen LogP contribution in [-0.2, 0) is 4.79 Å². The minimum absolute atomic E-state index is 0.197. The third kappa shape index (κ3) is 4.40. The van der Waals surface area contributed by atoms with Gasteiger partial charge in [-0.3, -0.25) is 4.79 Å². The van der Waals surface area contributed by atoms with Crippen LogP contribution in [0.25, 0.3) is 0 Å². The lowest BCUT2D eigenvalue weighted by Gasteiger charge is -1.95. The third-order valence-electron chi connectivity index (χ3n) is 0.947. The van der Waals surface area contributed by atoms with Crippen LogP contribution in [0.15, 0.2) is 10.1 Å². The zero-order chi connectivity index (χ0) is 7.44. The fourth-order valence-corrected chi connectivity index (χ4v) is 0.790. The molecule has 0 aliphatic rings. The third-order valence-corrected chi connectivity index (χ3v) is 2.02.